The number of aliphatic hydroxyl groups is 1. The number of nitrogens with two attached hydrogens (primary N) is 1. The van der Waals surface area contributed by atoms with Crippen LogP contribution in [0.2, 0.25) is 0 Å². The van der Waals surface area contributed by atoms with Gasteiger partial charge < -0.3 is 15.7 Å². The smallest absolute Gasteiger partial charge is 0.0431 e. The lowest BCUT2D eigenvalue weighted by Crippen LogP contribution is -2.46. The molecule has 1 aliphatic heterocycles. The molecular weight excluding hydrogens is 188 g/mol. The fraction of sp³-hybridized carbons (Fsp3) is 1.00. The van der Waals surface area contributed by atoms with Crippen molar-refractivity contribution in [2.45, 2.75) is 45.1 Å². The minimum Gasteiger partial charge on any atom is -0.396 e. The Morgan fingerprint density at radius 2 is 1.93 bits per heavy atom. The molecule has 15 heavy (non-hydrogen) atoms. The maximum Gasteiger partial charge on any atom is 0.0431 e. The molecular formula is C12H26N2O. The first-order valence-electron chi connectivity index (χ1n) is 6.31. The first-order chi connectivity index (χ1) is 7.22. The van der Waals surface area contributed by atoms with E-state index in [9.17, 15) is 0 Å². The highest BCUT2D eigenvalue weighted by Crippen LogP contribution is 2.15. The van der Waals surface area contributed by atoms with Gasteiger partial charge in [0, 0.05) is 25.7 Å². The van der Waals surface area contributed by atoms with E-state index in [2.05, 4.69) is 11.8 Å². The normalized spacial score (nSPS) is 28.2. The summed E-state index contributed by atoms with van der Waals surface area (Å²) in [6.45, 7) is 6.10. The Balaban J connectivity index is 2.04. The largest absolute Gasteiger partial charge is 0.396 e. The Hall–Kier alpha value is -0.120. The van der Waals surface area contributed by atoms with Crippen LogP contribution in [0.3, 0.4) is 0 Å². The van der Waals surface area contributed by atoms with Crippen molar-refractivity contribution in [2.75, 3.05) is 26.2 Å². The van der Waals surface area contributed by atoms with Crippen molar-refractivity contribution in [1.29, 1.82) is 0 Å². The molecule has 0 aromatic heterocycles. The summed E-state index contributed by atoms with van der Waals surface area (Å²) in [6.07, 6.45) is 5.78. The van der Waals surface area contributed by atoms with Gasteiger partial charge in [-0.15, -0.1) is 0 Å². The second kappa shape index (κ2) is 7.20. The Morgan fingerprint density at radius 3 is 2.60 bits per heavy atom. The molecule has 2 atom stereocenters. The van der Waals surface area contributed by atoms with Crippen molar-refractivity contribution in [1.82, 2.24) is 4.90 Å². The predicted molar refractivity (Wildman–Crippen MR) is 63.8 cm³/mol. The van der Waals surface area contributed by atoms with E-state index in [0.717, 1.165) is 25.3 Å². The minimum absolute atomic E-state index is 0.339. The molecule has 1 aliphatic rings. The summed E-state index contributed by atoms with van der Waals surface area (Å²) in [6, 6.07) is 0.381. The van der Waals surface area contributed by atoms with E-state index in [1.54, 1.807) is 0 Å². The lowest BCUT2D eigenvalue weighted by atomic mass is 9.96. The van der Waals surface area contributed by atoms with Crippen LogP contribution in [0.25, 0.3) is 0 Å². The molecule has 0 bridgehead atoms. The number of hydrogen-bond acceptors (Lipinski definition) is 3. The lowest BCUT2D eigenvalue weighted by Gasteiger charge is -2.34. The standard InChI is InChI=1S/C12H26N2O/c1-11-8-12(13)10-14(9-11)6-4-2-3-5-7-15/h11-12,15H,2-10,13H2,1H3. The molecule has 1 fully saturated rings. The minimum atomic E-state index is 0.339. The third kappa shape index (κ3) is 5.50. The van der Waals surface area contributed by atoms with Gasteiger partial charge in [0.05, 0.1) is 0 Å². The van der Waals surface area contributed by atoms with Crippen LogP contribution in [0, 0.1) is 5.92 Å². The van der Waals surface area contributed by atoms with Crippen LogP contribution >= 0.6 is 0 Å². The molecule has 0 radical (unpaired) electrons. The van der Waals surface area contributed by atoms with Crippen LogP contribution in [0.15, 0.2) is 0 Å². The van der Waals surface area contributed by atoms with E-state index < -0.39 is 0 Å². The molecule has 0 aliphatic carbocycles. The van der Waals surface area contributed by atoms with Crippen LogP contribution in [0.1, 0.15) is 39.0 Å². The zero-order chi connectivity index (χ0) is 11.1. The van der Waals surface area contributed by atoms with Crippen LogP contribution < -0.4 is 5.73 Å². The number of unbranched alkanes of at least 4 members (excludes halogenated alkanes) is 3. The first kappa shape index (κ1) is 12.9. The number of nitrogens with zero attached hydrogens (tertiary/aromatic N) is 1. The number of rotatable bonds is 6. The van der Waals surface area contributed by atoms with Crippen LogP contribution in [-0.4, -0.2) is 42.3 Å². The predicted octanol–water partition coefficient (Wildman–Crippen LogP) is 1.21. The maximum absolute atomic E-state index is 8.66. The number of aliphatic hydroxyl groups excluding tert-OH is 1. The quantitative estimate of drug-likeness (QED) is 0.653. The summed E-state index contributed by atoms with van der Waals surface area (Å²) < 4.78 is 0. The Bertz CT molecular complexity index is 154. The van der Waals surface area contributed by atoms with Gasteiger partial charge in [0.25, 0.3) is 0 Å². The highest BCUT2D eigenvalue weighted by Gasteiger charge is 2.21. The fourth-order valence-corrected chi connectivity index (χ4v) is 2.50. The van der Waals surface area contributed by atoms with Gasteiger partial charge in [-0.2, -0.15) is 0 Å². The molecule has 2 unspecified atom stereocenters. The summed E-state index contributed by atoms with van der Waals surface area (Å²) >= 11 is 0. The van der Waals surface area contributed by atoms with E-state index in [1.807, 2.05) is 0 Å². The van der Waals surface area contributed by atoms with Crippen LogP contribution in [0.5, 0.6) is 0 Å². The van der Waals surface area contributed by atoms with Gasteiger partial charge in [-0.05, 0) is 31.7 Å². The molecule has 90 valence electrons. The van der Waals surface area contributed by atoms with Gasteiger partial charge in [-0.3, -0.25) is 0 Å². The summed E-state index contributed by atoms with van der Waals surface area (Å²) in [5, 5.41) is 8.66. The molecule has 1 heterocycles. The monoisotopic (exact) mass is 214 g/mol. The van der Waals surface area contributed by atoms with E-state index in [4.69, 9.17) is 10.8 Å². The van der Waals surface area contributed by atoms with E-state index in [0.29, 0.717) is 12.6 Å². The van der Waals surface area contributed by atoms with Crippen molar-refractivity contribution in [2.24, 2.45) is 11.7 Å². The van der Waals surface area contributed by atoms with Crippen molar-refractivity contribution in [3.63, 3.8) is 0 Å². The van der Waals surface area contributed by atoms with Gasteiger partial charge in [0.1, 0.15) is 0 Å². The molecule has 3 nitrogen and oxygen atoms in total. The highest BCUT2D eigenvalue weighted by atomic mass is 16.2. The number of piperidine rings is 1. The van der Waals surface area contributed by atoms with E-state index >= 15 is 0 Å². The molecule has 1 saturated heterocycles. The Morgan fingerprint density at radius 1 is 1.20 bits per heavy atom. The fourth-order valence-electron chi connectivity index (χ4n) is 2.50. The molecule has 0 aromatic carbocycles. The van der Waals surface area contributed by atoms with Crippen molar-refractivity contribution in [3.05, 3.63) is 0 Å². The molecule has 3 heteroatoms. The third-order valence-electron chi connectivity index (χ3n) is 3.15. The first-order valence-corrected chi connectivity index (χ1v) is 6.31. The van der Waals surface area contributed by atoms with E-state index in [-0.39, 0.29) is 0 Å². The van der Waals surface area contributed by atoms with E-state index in [1.165, 1.54) is 32.4 Å². The average Bonchev–Trinajstić information content (AvgIpc) is 2.16. The second-order valence-corrected chi connectivity index (χ2v) is 5.00. The number of hydrogen-bond donors (Lipinski definition) is 2. The van der Waals surface area contributed by atoms with Crippen LogP contribution in [0.4, 0.5) is 0 Å². The zero-order valence-electron chi connectivity index (χ0n) is 9.99. The maximum atomic E-state index is 8.66. The van der Waals surface area contributed by atoms with Gasteiger partial charge in [0.15, 0.2) is 0 Å². The summed E-state index contributed by atoms with van der Waals surface area (Å²) in [4.78, 5) is 2.50. The lowest BCUT2D eigenvalue weighted by molar-refractivity contribution is 0.162. The Kier molecular flexibility index (Phi) is 6.22. The van der Waals surface area contributed by atoms with Gasteiger partial charge >= 0.3 is 0 Å². The van der Waals surface area contributed by atoms with Gasteiger partial charge in [-0.1, -0.05) is 19.8 Å². The highest BCUT2D eigenvalue weighted by molar-refractivity contribution is 4.78. The van der Waals surface area contributed by atoms with Gasteiger partial charge in [0.2, 0.25) is 0 Å². The summed E-state index contributed by atoms with van der Waals surface area (Å²) in [5.74, 6) is 0.756. The van der Waals surface area contributed by atoms with Crippen molar-refractivity contribution < 1.29 is 5.11 Å². The van der Waals surface area contributed by atoms with Crippen LogP contribution in [-0.2, 0) is 0 Å². The second-order valence-electron chi connectivity index (χ2n) is 5.00. The molecule has 3 N–H and O–H groups in total. The van der Waals surface area contributed by atoms with Crippen molar-refractivity contribution in [3.8, 4) is 0 Å². The number of likely N-dealkylation sites (tertiary alicyclic amines) is 1. The molecule has 0 aromatic rings. The summed E-state index contributed by atoms with van der Waals surface area (Å²) in [5.41, 5.74) is 5.99. The van der Waals surface area contributed by atoms with Crippen molar-refractivity contribution >= 4 is 0 Å². The average molecular weight is 214 g/mol. The Labute approximate surface area is 93.6 Å². The summed E-state index contributed by atoms with van der Waals surface area (Å²) in [7, 11) is 0. The molecule has 0 saturated carbocycles. The molecule has 0 spiro atoms. The molecule has 1 rings (SSSR count). The molecule has 0 amide bonds. The van der Waals surface area contributed by atoms with Gasteiger partial charge in [-0.25, -0.2) is 0 Å². The zero-order valence-corrected chi connectivity index (χ0v) is 9.99. The third-order valence-corrected chi connectivity index (χ3v) is 3.15. The topological polar surface area (TPSA) is 49.5 Å². The SMILES string of the molecule is CC1CC(N)CN(CCCCCCO)C1.